The van der Waals surface area contributed by atoms with Crippen molar-refractivity contribution in [2.24, 2.45) is 5.73 Å². The molecule has 3 rings (SSSR count). The molecule has 1 amide bonds. The highest BCUT2D eigenvalue weighted by Crippen LogP contribution is 2.57. The van der Waals surface area contributed by atoms with E-state index in [2.05, 4.69) is 4.98 Å². The van der Waals surface area contributed by atoms with Crippen LogP contribution in [-0.2, 0) is 22.9 Å². The fourth-order valence-corrected chi connectivity index (χ4v) is 4.77. The molecular weight excluding hydrogens is 467 g/mol. The first-order chi connectivity index (χ1) is 15.2. The van der Waals surface area contributed by atoms with Gasteiger partial charge in [0.15, 0.2) is 11.9 Å². The maximum atomic E-state index is 12.9. The minimum atomic E-state index is -4.02. The number of aliphatic hydroxyl groups excluding tert-OH is 2. The molecule has 0 aliphatic carbocycles. The normalized spacial score (nSPS) is 24.1. The number of imidazole rings is 1. The lowest BCUT2D eigenvalue weighted by atomic mass is 10.1. The number of ether oxygens (including phenoxy) is 1. The van der Waals surface area contributed by atoms with Crippen molar-refractivity contribution in [3.63, 3.8) is 0 Å². The van der Waals surface area contributed by atoms with Crippen LogP contribution in [0.5, 0.6) is 0 Å². The summed E-state index contributed by atoms with van der Waals surface area (Å²) in [5, 5.41) is 21.4. The van der Waals surface area contributed by atoms with Gasteiger partial charge in [0.1, 0.15) is 18.0 Å². The number of aliphatic hydroxyl groups is 2. The highest BCUT2D eigenvalue weighted by atomic mass is 35.5. The van der Waals surface area contributed by atoms with E-state index in [1.807, 2.05) is 0 Å². The number of halogens is 1. The highest BCUT2D eigenvalue weighted by molar-refractivity contribution is 7.48. The second-order valence-corrected chi connectivity index (χ2v) is 8.94. The fraction of sp³-hybridized carbons (Fsp3) is 0.444. The zero-order valence-corrected chi connectivity index (χ0v) is 18.7. The molecule has 0 bridgehead atoms. The minimum absolute atomic E-state index is 0.0947. The van der Waals surface area contributed by atoms with Gasteiger partial charge in [0.05, 0.1) is 25.6 Å². The van der Waals surface area contributed by atoms with E-state index in [0.29, 0.717) is 17.0 Å². The number of nitrogens with two attached hydrogens (primary N) is 2. The lowest BCUT2D eigenvalue weighted by Crippen LogP contribution is -2.39. The van der Waals surface area contributed by atoms with Gasteiger partial charge in [-0.2, -0.15) is 0 Å². The number of hydrogen-bond acceptors (Lipinski definition) is 10. The van der Waals surface area contributed by atoms with Crippen molar-refractivity contribution in [3.05, 3.63) is 46.9 Å². The Balaban J connectivity index is 1.66. The van der Waals surface area contributed by atoms with Crippen LogP contribution < -0.4 is 11.5 Å². The number of carbonyl (C=O) groups excluding carboxylic acids is 1. The standard InChI is InChI=1S/C18H24ClN4O8P/c1-28-13(15(24)18(26)23-9-22-14(16(23)20)17(21)25)8-30-32(27)29-7-6-12(31-32)10-4-2-3-5-11(10)19/h2-5,9,12-13,15,18,24,26H,6-8,20H2,1H3,(H2,21,25)/t12?,13-,15-,18-,32?/m1/s1. The van der Waals surface area contributed by atoms with Gasteiger partial charge in [-0.25, -0.2) is 9.55 Å². The van der Waals surface area contributed by atoms with Crippen LogP contribution in [0.4, 0.5) is 5.82 Å². The van der Waals surface area contributed by atoms with E-state index in [-0.39, 0.29) is 18.1 Å². The summed E-state index contributed by atoms with van der Waals surface area (Å²) in [5.74, 6) is -1.14. The number of hydrogen-bond donors (Lipinski definition) is 4. The average molecular weight is 491 g/mol. The molecule has 5 atom stereocenters. The van der Waals surface area contributed by atoms with Gasteiger partial charge in [-0.05, 0) is 6.07 Å². The number of aromatic nitrogens is 2. The SMILES string of the molecule is CO[C@H](COP1(=O)OCCC(c2ccccc2Cl)O1)[C@@H](O)[C@@H](O)n1cnc(C(N)=O)c1N. The Hall–Kier alpha value is -2.02. The summed E-state index contributed by atoms with van der Waals surface area (Å²) in [6.07, 6.45) is -3.63. The second kappa shape index (κ2) is 10.3. The topological polar surface area (TPSA) is 181 Å². The quantitative estimate of drug-likeness (QED) is 0.375. The molecule has 14 heteroatoms. The predicted molar refractivity (Wildman–Crippen MR) is 113 cm³/mol. The van der Waals surface area contributed by atoms with Crippen LogP contribution in [0, 0.1) is 0 Å². The van der Waals surface area contributed by atoms with Crippen molar-refractivity contribution in [2.45, 2.75) is 31.0 Å². The van der Waals surface area contributed by atoms with Gasteiger partial charge < -0.3 is 26.4 Å². The lowest BCUT2D eigenvalue weighted by molar-refractivity contribution is -0.118. The third-order valence-electron chi connectivity index (χ3n) is 4.87. The van der Waals surface area contributed by atoms with Gasteiger partial charge in [0.25, 0.3) is 5.91 Å². The molecule has 176 valence electrons. The van der Waals surface area contributed by atoms with Crippen LogP contribution in [0.3, 0.4) is 0 Å². The summed E-state index contributed by atoms with van der Waals surface area (Å²) in [6.45, 7) is -0.365. The maximum Gasteiger partial charge on any atom is 0.475 e. The number of nitrogen functional groups attached to an aromatic ring is 1. The van der Waals surface area contributed by atoms with E-state index in [0.717, 1.165) is 10.9 Å². The summed E-state index contributed by atoms with van der Waals surface area (Å²) in [5.41, 5.74) is 11.3. The first-order valence-corrected chi connectivity index (χ1v) is 11.3. The average Bonchev–Trinajstić information content (AvgIpc) is 3.15. The van der Waals surface area contributed by atoms with Crippen molar-refractivity contribution in [1.82, 2.24) is 9.55 Å². The molecule has 1 saturated heterocycles. The number of rotatable bonds is 9. The van der Waals surface area contributed by atoms with Crippen molar-refractivity contribution in [2.75, 3.05) is 26.1 Å². The smallest absolute Gasteiger partial charge is 0.386 e. The summed E-state index contributed by atoms with van der Waals surface area (Å²) >= 11 is 6.19. The molecule has 1 aromatic heterocycles. The Labute approximate surface area is 188 Å². The third-order valence-corrected chi connectivity index (χ3v) is 6.70. The van der Waals surface area contributed by atoms with Gasteiger partial charge in [-0.1, -0.05) is 29.8 Å². The summed E-state index contributed by atoms with van der Waals surface area (Å²) in [4.78, 5) is 15.0. The van der Waals surface area contributed by atoms with E-state index in [1.54, 1.807) is 24.3 Å². The monoisotopic (exact) mass is 490 g/mol. The van der Waals surface area contributed by atoms with Gasteiger partial charge in [-0.3, -0.25) is 22.9 Å². The van der Waals surface area contributed by atoms with Crippen LogP contribution in [0.25, 0.3) is 0 Å². The van der Waals surface area contributed by atoms with Crippen LogP contribution in [0.1, 0.15) is 34.8 Å². The second-order valence-electron chi connectivity index (χ2n) is 6.91. The zero-order valence-electron chi connectivity index (χ0n) is 17.0. The van der Waals surface area contributed by atoms with Crippen molar-refractivity contribution in [3.8, 4) is 0 Å². The molecule has 12 nitrogen and oxygen atoms in total. The molecule has 1 aliphatic heterocycles. The molecule has 2 unspecified atom stereocenters. The van der Waals surface area contributed by atoms with Crippen molar-refractivity contribution >= 4 is 31.1 Å². The number of benzene rings is 1. The number of nitrogens with zero attached hydrogens (tertiary/aromatic N) is 2. The molecule has 2 heterocycles. The number of phosphoric ester groups is 1. The molecule has 0 radical (unpaired) electrons. The zero-order chi connectivity index (χ0) is 23.5. The molecule has 0 spiro atoms. The van der Waals surface area contributed by atoms with E-state index < -0.39 is 44.9 Å². The third kappa shape index (κ3) is 5.30. The molecule has 1 fully saturated rings. The first-order valence-electron chi connectivity index (χ1n) is 9.50. The van der Waals surface area contributed by atoms with Gasteiger partial charge in [-0.15, -0.1) is 0 Å². The van der Waals surface area contributed by atoms with E-state index in [4.69, 9.17) is 41.4 Å². The summed E-state index contributed by atoms with van der Waals surface area (Å²) < 4.78 is 35.1. The number of anilines is 1. The van der Waals surface area contributed by atoms with Crippen molar-refractivity contribution in [1.29, 1.82) is 0 Å². The Morgan fingerprint density at radius 1 is 1.44 bits per heavy atom. The Kier molecular flexibility index (Phi) is 7.91. The van der Waals surface area contributed by atoms with Gasteiger partial charge >= 0.3 is 7.82 Å². The predicted octanol–water partition coefficient (Wildman–Crippen LogP) is 1.39. The van der Waals surface area contributed by atoms with Crippen LogP contribution in [0.2, 0.25) is 5.02 Å². The number of phosphoric acid groups is 1. The Morgan fingerprint density at radius 3 is 2.78 bits per heavy atom. The number of amides is 1. The summed E-state index contributed by atoms with van der Waals surface area (Å²) in [6, 6.07) is 6.97. The van der Waals surface area contributed by atoms with E-state index in [9.17, 15) is 19.6 Å². The Morgan fingerprint density at radius 2 is 2.16 bits per heavy atom. The molecule has 32 heavy (non-hydrogen) atoms. The lowest BCUT2D eigenvalue weighted by Gasteiger charge is -2.31. The van der Waals surface area contributed by atoms with Gasteiger partial charge in [0, 0.05) is 24.1 Å². The van der Waals surface area contributed by atoms with Crippen LogP contribution >= 0.6 is 19.4 Å². The molecule has 6 N–H and O–H groups in total. The fourth-order valence-electron chi connectivity index (χ4n) is 3.13. The molecule has 2 aromatic rings. The minimum Gasteiger partial charge on any atom is -0.386 e. The summed E-state index contributed by atoms with van der Waals surface area (Å²) in [7, 11) is -2.77. The number of primary amides is 1. The van der Waals surface area contributed by atoms with Crippen LogP contribution in [0.15, 0.2) is 30.6 Å². The van der Waals surface area contributed by atoms with E-state index >= 15 is 0 Å². The number of methoxy groups -OCH3 is 1. The number of carbonyl (C=O) groups is 1. The molecule has 0 saturated carbocycles. The molecule has 1 aliphatic rings. The first kappa shape index (κ1) is 24.6. The van der Waals surface area contributed by atoms with Crippen LogP contribution in [-0.4, -0.2) is 58.2 Å². The molecule has 1 aromatic carbocycles. The van der Waals surface area contributed by atoms with Crippen molar-refractivity contribution < 1.29 is 37.9 Å². The van der Waals surface area contributed by atoms with E-state index in [1.165, 1.54) is 7.11 Å². The Bertz CT molecular complexity index is 1010. The highest BCUT2D eigenvalue weighted by Gasteiger charge is 2.39. The van der Waals surface area contributed by atoms with Gasteiger partial charge in [0.2, 0.25) is 0 Å². The largest absolute Gasteiger partial charge is 0.475 e. The molecular formula is C18H24ClN4O8P. The maximum absolute atomic E-state index is 12.9.